The second-order valence-electron chi connectivity index (χ2n) is 4.16. The van der Waals surface area contributed by atoms with Crippen LogP contribution in [0.5, 0.6) is 0 Å². The average molecular weight is 186 g/mol. The van der Waals surface area contributed by atoms with Crippen molar-refractivity contribution in [2.45, 2.75) is 53.4 Å². The van der Waals surface area contributed by atoms with E-state index in [1.165, 1.54) is 0 Å². The van der Waals surface area contributed by atoms with Crippen molar-refractivity contribution in [3.05, 3.63) is 0 Å². The molecule has 0 aromatic heterocycles. The van der Waals surface area contributed by atoms with E-state index in [2.05, 4.69) is 6.92 Å². The van der Waals surface area contributed by atoms with E-state index >= 15 is 0 Å². The molecule has 0 unspecified atom stereocenters. The minimum absolute atomic E-state index is 0.273. The Kier molecular flexibility index (Phi) is 5.04. The Labute approximate surface area is 81.3 Å². The van der Waals surface area contributed by atoms with Crippen LogP contribution in [0.4, 0.5) is 0 Å². The molecule has 1 N–H and O–H groups in total. The highest BCUT2D eigenvalue weighted by Crippen LogP contribution is 2.35. The molecular formula is C11H22O2. The summed E-state index contributed by atoms with van der Waals surface area (Å²) in [6, 6.07) is 0. The number of hydrogen-bond acceptors (Lipinski definition) is 1. The minimum atomic E-state index is -0.643. The van der Waals surface area contributed by atoms with Gasteiger partial charge in [0.1, 0.15) is 0 Å². The van der Waals surface area contributed by atoms with Crippen molar-refractivity contribution in [3.63, 3.8) is 0 Å². The number of rotatable bonds is 6. The lowest BCUT2D eigenvalue weighted by atomic mass is 9.73. The normalized spacial score (nSPS) is 17.8. The average Bonchev–Trinajstić information content (AvgIpc) is 2.04. The minimum Gasteiger partial charge on any atom is -0.481 e. The van der Waals surface area contributed by atoms with Gasteiger partial charge in [0.25, 0.3) is 0 Å². The molecule has 13 heavy (non-hydrogen) atoms. The Bertz CT molecular complexity index is 165. The third-order valence-corrected chi connectivity index (χ3v) is 3.07. The molecule has 2 heteroatoms. The summed E-state index contributed by atoms with van der Waals surface area (Å²) in [5, 5.41) is 9.16. The second kappa shape index (κ2) is 5.25. The lowest BCUT2D eigenvalue weighted by Crippen LogP contribution is -2.34. The maximum atomic E-state index is 11.1. The van der Waals surface area contributed by atoms with Crippen LogP contribution in [0.1, 0.15) is 53.4 Å². The van der Waals surface area contributed by atoms with E-state index in [1.807, 2.05) is 20.8 Å². The van der Waals surface area contributed by atoms with E-state index in [9.17, 15) is 4.79 Å². The number of carboxylic acids is 1. The first-order valence-electron chi connectivity index (χ1n) is 5.22. The predicted molar refractivity (Wildman–Crippen MR) is 54.7 cm³/mol. The van der Waals surface area contributed by atoms with Crippen LogP contribution < -0.4 is 0 Å². The van der Waals surface area contributed by atoms with E-state index in [0.717, 1.165) is 25.7 Å². The summed E-state index contributed by atoms with van der Waals surface area (Å²) in [6.45, 7) is 8.07. The smallest absolute Gasteiger partial charge is 0.309 e. The van der Waals surface area contributed by atoms with Crippen LogP contribution in [0.25, 0.3) is 0 Å². The van der Waals surface area contributed by atoms with Crippen molar-refractivity contribution in [2.24, 2.45) is 11.3 Å². The van der Waals surface area contributed by atoms with E-state index < -0.39 is 11.4 Å². The third kappa shape index (κ3) is 3.02. The standard InChI is InChI=1S/C11H22O2/c1-5-7-9(3)11(4,8-6-2)10(12)13/h9H,5-8H2,1-4H3,(H,12,13)/t9-,11+/m1/s1. The summed E-state index contributed by atoms with van der Waals surface area (Å²) in [6.07, 6.45) is 3.79. The first-order valence-corrected chi connectivity index (χ1v) is 5.22. The Balaban J connectivity index is 4.47. The lowest BCUT2D eigenvalue weighted by molar-refractivity contribution is -0.151. The molecule has 0 spiro atoms. The zero-order valence-electron chi connectivity index (χ0n) is 9.26. The molecule has 0 saturated carbocycles. The molecule has 0 fully saturated rings. The van der Waals surface area contributed by atoms with Crippen LogP contribution in [-0.2, 0) is 4.79 Å². The fraction of sp³-hybridized carbons (Fsp3) is 0.909. The third-order valence-electron chi connectivity index (χ3n) is 3.07. The highest BCUT2D eigenvalue weighted by Gasteiger charge is 2.37. The topological polar surface area (TPSA) is 37.3 Å². The van der Waals surface area contributed by atoms with Crippen molar-refractivity contribution >= 4 is 5.97 Å². The molecule has 0 heterocycles. The van der Waals surface area contributed by atoms with Gasteiger partial charge in [-0.15, -0.1) is 0 Å². The van der Waals surface area contributed by atoms with Crippen molar-refractivity contribution in [3.8, 4) is 0 Å². The Morgan fingerprint density at radius 3 is 2.23 bits per heavy atom. The summed E-state index contributed by atoms with van der Waals surface area (Å²) >= 11 is 0. The predicted octanol–water partition coefficient (Wildman–Crippen LogP) is 3.31. The maximum Gasteiger partial charge on any atom is 0.309 e. The van der Waals surface area contributed by atoms with Crippen molar-refractivity contribution in [2.75, 3.05) is 0 Å². The van der Waals surface area contributed by atoms with Crippen LogP contribution in [0.3, 0.4) is 0 Å². The van der Waals surface area contributed by atoms with Crippen molar-refractivity contribution in [1.82, 2.24) is 0 Å². The molecular weight excluding hydrogens is 164 g/mol. The molecule has 0 aromatic carbocycles. The molecule has 2 nitrogen and oxygen atoms in total. The molecule has 0 bridgehead atoms. The molecule has 2 atom stereocenters. The first kappa shape index (κ1) is 12.5. The zero-order valence-corrected chi connectivity index (χ0v) is 9.26. The first-order chi connectivity index (χ1) is 5.99. The van der Waals surface area contributed by atoms with Crippen LogP contribution in [0, 0.1) is 11.3 Å². The Morgan fingerprint density at radius 2 is 1.92 bits per heavy atom. The van der Waals surface area contributed by atoms with Crippen LogP contribution >= 0.6 is 0 Å². The highest BCUT2D eigenvalue weighted by atomic mass is 16.4. The largest absolute Gasteiger partial charge is 0.481 e. The van der Waals surface area contributed by atoms with E-state index in [0.29, 0.717) is 0 Å². The van der Waals surface area contributed by atoms with E-state index in [1.54, 1.807) is 0 Å². The van der Waals surface area contributed by atoms with Gasteiger partial charge in [-0.3, -0.25) is 4.79 Å². The van der Waals surface area contributed by atoms with Gasteiger partial charge in [-0.2, -0.15) is 0 Å². The van der Waals surface area contributed by atoms with Gasteiger partial charge in [0.2, 0.25) is 0 Å². The molecule has 0 aromatic rings. The zero-order chi connectivity index (χ0) is 10.5. The van der Waals surface area contributed by atoms with E-state index in [-0.39, 0.29) is 5.92 Å². The fourth-order valence-corrected chi connectivity index (χ4v) is 1.84. The number of carboxylic acid groups (broad SMARTS) is 1. The number of hydrogen-bond donors (Lipinski definition) is 1. The Hall–Kier alpha value is -0.530. The van der Waals surface area contributed by atoms with Gasteiger partial charge >= 0.3 is 5.97 Å². The van der Waals surface area contributed by atoms with Gasteiger partial charge in [-0.05, 0) is 25.7 Å². The van der Waals surface area contributed by atoms with Gasteiger partial charge in [-0.25, -0.2) is 0 Å². The highest BCUT2D eigenvalue weighted by molar-refractivity contribution is 5.74. The molecule has 0 aliphatic heterocycles. The SMILES string of the molecule is CCC[C@@H](C)[C@](C)(CCC)C(=O)O. The molecule has 0 radical (unpaired) electrons. The van der Waals surface area contributed by atoms with Crippen molar-refractivity contribution in [1.29, 1.82) is 0 Å². The summed E-state index contributed by atoms with van der Waals surface area (Å²) < 4.78 is 0. The van der Waals surface area contributed by atoms with Gasteiger partial charge in [-0.1, -0.05) is 33.6 Å². The molecule has 0 aliphatic carbocycles. The monoisotopic (exact) mass is 186 g/mol. The summed E-state index contributed by atoms with van der Waals surface area (Å²) in [7, 11) is 0. The maximum absolute atomic E-state index is 11.1. The molecule has 0 rings (SSSR count). The molecule has 0 aliphatic rings. The summed E-state index contributed by atoms with van der Waals surface area (Å²) in [5.74, 6) is -0.370. The number of carbonyl (C=O) groups is 1. The lowest BCUT2D eigenvalue weighted by Gasteiger charge is -2.31. The number of aliphatic carboxylic acids is 1. The summed E-state index contributed by atoms with van der Waals surface area (Å²) in [4.78, 5) is 11.1. The fourth-order valence-electron chi connectivity index (χ4n) is 1.84. The van der Waals surface area contributed by atoms with Gasteiger partial charge in [0, 0.05) is 0 Å². The molecule has 0 amide bonds. The van der Waals surface area contributed by atoms with Crippen LogP contribution in [0.2, 0.25) is 0 Å². The van der Waals surface area contributed by atoms with Gasteiger partial charge in [0.15, 0.2) is 0 Å². The van der Waals surface area contributed by atoms with Gasteiger partial charge in [0.05, 0.1) is 5.41 Å². The summed E-state index contributed by atoms with van der Waals surface area (Å²) in [5.41, 5.74) is -0.523. The van der Waals surface area contributed by atoms with Crippen LogP contribution in [0.15, 0.2) is 0 Å². The van der Waals surface area contributed by atoms with Crippen LogP contribution in [-0.4, -0.2) is 11.1 Å². The Morgan fingerprint density at radius 1 is 1.38 bits per heavy atom. The molecule has 0 saturated heterocycles. The quantitative estimate of drug-likeness (QED) is 0.691. The van der Waals surface area contributed by atoms with E-state index in [4.69, 9.17) is 5.11 Å². The molecule has 78 valence electrons. The van der Waals surface area contributed by atoms with Crippen molar-refractivity contribution < 1.29 is 9.90 Å². The van der Waals surface area contributed by atoms with Gasteiger partial charge < -0.3 is 5.11 Å². The second-order valence-corrected chi connectivity index (χ2v) is 4.16.